The normalized spacial score (nSPS) is 10.4. The second-order valence-electron chi connectivity index (χ2n) is 6.54. The third-order valence-corrected chi connectivity index (χ3v) is 4.54. The van der Waals surface area contributed by atoms with Crippen molar-refractivity contribution in [3.8, 4) is 5.75 Å². The van der Waals surface area contributed by atoms with Gasteiger partial charge in [-0.2, -0.15) is 0 Å². The molecule has 29 heavy (non-hydrogen) atoms. The van der Waals surface area contributed by atoms with Crippen LogP contribution in [0, 0.1) is 5.82 Å². The zero-order chi connectivity index (χ0) is 20.6. The fourth-order valence-electron chi connectivity index (χ4n) is 2.89. The summed E-state index contributed by atoms with van der Waals surface area (Å²) in [6.45, 7) is 2.97. The molecule has 0 saturated carbocycles. The summed E-state index contributed by atoms with van der Waals surface area (Å²) in [5.74, 6) is -0.191. The van der Waals surface area contributed by atoms with Crippen LogP contribution in [0.1, 0.15) is 28.4 Å². The van der Waals surface area contributed by atoms with E-state index in [1.807, 2.05) is 37.3 Å². The topological polar surface area (TPSA) is 46.6 Å². The number of halogens is 1. The van der Waals surface area contributed by atoms with Crippen LogP contribution in [-0.4, -0.2) is 29.7 Å². The van der Waals surface area contributed by atoms with E-state index in [0.29, 0.717) is 30.0 Å². The minimum atomic E-state index is -0.386. The number of benzene rings is 3. The molecule has 0 aliphatic carbocycles. The zero-order valence-electron chi connectivity index (χ0n) is 16.2. The Morgan fingerprint density at radius 1 is 0.862 bits per heavy atom. The maximum atomic E-state index is 13.0. The van der Waals surface area contributed by atoms with Crippen molar-refractivity contribution in [3.63, 3.8) is 0 Å². The second-order valence-corrected chi connectivity index (χ2v) is 6.54. The molecule has 0 aliphatic rings. The van der Waals surface area contributed by atoms with Gasteiger partial charge in [0, 0.05) is 24.2 Å². The molecule has 0 saturated heterocycles. The van der Waals surface area contributed by atoms with Crippen LogP contribution < -0.4 is 4.74 Å². The highest BCUT2D eigenvalue weighted by Crippen LogP contribution is 2.16. The highest BCUT2D eigenvalue weighted by Gasteiger charge is 2.14. The first-order valence-corrected chi connectivity index (χ1v) is 9.41. The minimum Gasteiger partial charge on any atom is -0.484 e. The van der Waals surface area contributed by atoms with Crippen LogP contribution in [0.25, 0.3) is 0 Å². The number of hydrogen-bond acceptors (Lipinski definition) is 3. The van der Waals surface area contributed by atoms with E-state index in [1.165, 1.54) is 24.3 Å². The maximum Gasteiger partial charge on any atom is 0.260 e. The van der Waals surface area contributed by atoms with E-state index in [0.717, 1.165) is 5.56 Å². The Morgan fingerprint density at radius 3 is 2.03 bits per heavy atom. The molecule has 148 valence electrons. The van der Waals surface area contributed by atoms with Gasteiger partial charge in [-0.3, -0.25) is 9.59 Å². The molecule has 3 rings (SSSR count). The van der Waals surface area contributed by atoms with Gasteiger partial charge in [-0.15, -0.1) is 0 Å². The van der Waals surface area contributed by atoms with Crippen molar-refractivity contribution in [1.29, 1.82) is 0 Å². The number of ether oxygens (including phenoxy) is 1. The van der Waals surface area contributed by atoms with Crippen molar-refractivity contribution in [2.45, 2.75) is 13.5 Å². The molecule has 3 aromatic rings. The molecular formula is C24H22FNO3. The zero-order valence-corrected chi connectivity index (χ0v) is 16.2. The minimum absolute atomic E-state index is 0.0775. The summed E-state index contributed by atoms with van der Waals surface area (Å²) in [6.07, 6.45) is 0. The summed E-state index contributed by atoms with van der Waals surface area (Å²) in [4.78, 5) is 26.6. The van der Waals surface area contributed by atoms with Gasteiger partial charge in [0.05, 0.1) is 0 Å². The largest absolute Gasteiger partial charge is 0.484 e. The Balaban J connectivity index is 1.57. The summed E-state index contributed by atoms with van der Waals surface area (Å²) in [7, 11) is 0. The summed E-state index contributed by atoms with van der Waals surface area (Å²) in [6, 6.07) is 21.8. The highest BCUT2D eigenvalue weighted by molar-refractivity contribution is 6.09. The summed E-state index contributed by atoms with van der Waals surface area (Å²) >= 11 is 0. The molecule has 0 aliphatic heterocycles. The van der Waals surface area contributed by atoms with Crippen LogP contribution in [0.3, 0.4) is 0 Å². The SMILES string of the molecule is CCN(Cc1ccccc1)C(=O)COc1ccc(C(=O)c2ccc(F)cc2)cc1. The summed E-state index contributed by atoms with van der Waals surface area (Å²) in [5.41, 5.74) is 1.94. The number of amides is 1. The van der Waals surface area contributed by atoms with Crippen molar-refractivity contribution in [2.24, 2.45) is 0 Å². The van der Waals surface area contributed by atoms with E-state index in [1.54, 1.807) is 29.2 Å². The molecule has 0 spiro atoms. The van der Waals surface area contributed by atoms with Gasteiger partial charge in [0.2, 0.25) is 0 Å². The number of nitrogens with zero attached hydrogens (tertiary/aromatic N) is 1. The predicted molar refractivity (Wildman–Crippen MR) is 109 cm³/mol. The van der Waals surface area contributed by atoms with Crippen LogP contribution in [0.4, 0.5) is 4.39 Å². The Labute approximate surface area is 169 Å². The predicted octanol–water partition coefficient (Wildman–Crippen LogP) is 4.48. The van der Waals surface area contributed by atoms with Gasteiger partial charge < -0.3 is 9.64 Å². The molecule has 0 heterocycles. The van der Waals surface area contributed by atoms with Gasteiger partial charge in [0.1, 0.15) is 11.6 Å². The molecule has 0 aromatic heterocycles. The number of rotatable bonds is 8. The molecule has 0 radical (unpaired) electrons. The molecule has 0 unspecified atom stereocenters. The Morgan fingerprint density at radius 2 is 1.45 bits per heavy atom. The molecule has 0 atom stereocenters. The molecule has 0 bridgehead atoms. The fraction of sp³-hybridized carbons (Fsp3) is 0.167. The van der Waals surface area contributed by atoms with Crippen LogP contribution >= 0.6 is 0 Å². The summed E-state index contributed by atoms with van der Waals surface area (Å²) < 4.78 is 18.6. The van der Waals surface area contributed by atoms with Gasteiger partial charge in [-0.25, -0.2) is 4.39 Å². The number of likely N-dealkylation sites (N-methyl/N-ethyl adjacent to an activating group) is 1. The lowest BCUT2D eigenvalue weighted by Gasteiger charge is -2.21. The van der Waals surface area contributed by atoms with E-state index < -0.39 is 0 Å². The molecule has 4 nitrogen and oxygen atoms in total. The average molecular weight is 391 g/mol. The van der Waals surface area contributed by atoms with Crippen molar-refractivity contribution in [2.75, 3.05) is 13.2 Å². The smallest absolute Gasteiger partial charge is 0.260 e. The average Bonchev–Trinajstić information content (AvgIpc) is 2.77. The number of carbonyl (C=O) groups is 2. The molecule has 0 N–H and O–H groups in total. The van der Waals surface area contributed by atoms with Gasteiger partial charge >= 0.3 is 0 Å². The quantitative estimate of drug-likeness (QED) is 0.532. The maximum absolute atomic E-state index is 13.0. The fourth-order valence-corrected chi connectivity index (χ4v) is 2.89. The standard InChI is InChI=1S/C24H22FNO3/c1-2-26(16-18-6-4-3-5-7-18)23(27)17-29-22-14-10-20(11-15-22)24(28)19-8-12-21(25)13-9-19/h3-15H,2,16-17H2,1H3. The first-order valence-electron chi connectivity index (χ1n) is 9.41. The van der Waals surface area contributed by atoms with Crippen LogP contribution in [0.15, 0.2) is 78.9 Å². The molecule has 0 fully saturated rings. The molecule has 5 heteroatoms. The van der Waals surface area contributed by atoms with Gasteiger partial charge in [-0.1, -0.05) is 30.3 Å². The Kier molecular flexibility index (Phi) is 6.74. The second kappa shape index (κ2) is 9.64. The lowest BCUT2D eigenvalue weighted by Crippen LogP contribution is -2.34. The number of ketones is 1. The van der Waals surface area contributed by atoms with Crippen LogP contribution in [0.2, 0.25) is 0 Å². The van der Waals surface area contributed by atoms with Crippen LogP contribution in [-0.2, 0) is 11.3 Å². The van der Waals surface area contributed by atoms with Crippen molar-refractivity contribution in [1.82, 2.24) is 4.90 Å². The van der Waals surface area contributed by atoms with E-state index >= 15 is 0 Å². The number of carbonyl (C=O) groups excluding carboxylic acids is 2. The highest BCUT2D eigenvalue weighted by atomic mass is 19.1. The monoisotopic (exact) mass is 391 g/mol. The van der Waals surface area contributed by atoms with Gasteiger partial charge in [0.25, 0.3) is 5.91 Å². The van der Waals surface area contributed by atoms with E-state index in [4.69, 9.17) is 4.74 Å². The molecular weight excluding hydrogens is 369 g/mol. The Bertz CT molecular complexity index is 954. The first-order chi connectivity index (χ1) is 14.1. The lowest BCUT2D eigenvalue weighted by atomic mass is 10.0. The molecule has 1 amide bonds. The Hall–Kier alpha value is -3.47. The number of hydrogen-bond donors (Lipinski definition) is 0. The third-order valence-electron chi connectivity index (χ3n) is 4.54. The first kappa shape index (κ1) is 20.3. The van der Waals surface area contributed by atoms with Gasteiger partial charge in [-0.05, 0) is 61.0 Å². The third kappa shape index (κ3) is 5.51. The van der Waals surface area contributed by atoms with E-state index in [2.05, 4.69) is 0 Å². The van der Waals surface area contributed by atoms with Crippen molar-refractivity contribution in [3.05, 3.63) is 101 Å². The van der Waals surface area contributed by atoms with Gasteiger partial charge in [0.15, 0.2) is 12.4 Å². The molecule has 3 aromatic carbocycles. The van der Waals surface area contributed by atoms with Crippen LogP contribution in [0.5, 0.6) is 5.75 Å². The summed E-state index contributed by atoms with van der Waals surface area (Å²) in [5, 5.41) is 0. The lowest BCUT2D eigenvalue weighted by molar-refractivity contribution is -0.133. The van der Waals surface area contributed by atoms with Crippen molar-refractivity contribution >= 4 is 11.7 Å². The van der Waals surface area contributed by atoms with E-state index in [-0.39, 0.29) is 24.1 Å². The van der Waals surface area contributed by atoms with E-state index in [9.17, 15) is 14.0 Å². The van der Waals surface area contributed by atoms with Crippen molar-refractivity contribution < 1.29 is 18.7 Å².